The maximum atomic E-state index is 12.8. The van der Waals surface area contributed by atoms with Crippen LogP contribution >= 0.6 is 0 Å². The van der Waals surface area contributed by atoms with Crippen LogP contribution in [0.2, 0.25) is 0 Å². The van der Waals surface area contributed by atoms with Crippen molar-refractivity contribution >= 4 is 11.9 Å². The molecule has 3 saturated carbocycles. The van der Waals surface area contributed by atoms with Gasteiger partial charge < -0.3 is 14.2 Å². The summed E-state index contributed by atoms with van der Waals surface area (Å²) in [4.78, 5) is 25.6. The van der Waals surface area contributed by atoms with Crippen LogP contribution in [0.5, 0.6) is 0 Å². The zero-order chi connectivity index (χ0) is 17.2. The second kappa shape index (κ2) is 5.57. The van der Waals surface area contributed by atoms with Crippen LogP contribution in [0.1, 0.15) is 38.5 Å². The third kappa shape index (κ3) is 1.99. The van der Waals surface area contributed by atoms with Crippen molar-refractivity contribution in [3.8, 4) is 0 Å². The molecule has 25 heavy (non-hydrogen) atoms. The number of hydrogen-bond acceptors (Lipinski definition) is 5. The molecule has 0 radical (unpaired) electrons. The first-order valence-electron chi connectivity index (χ1n) is 9.75. The summed E-state index contributed by atoms with van der Waals surface area (Å²) in [5.74, 6) is 1.22. The van der Waals surface area contributed by atoms with Gasteiger partial charge in [-0.15, -0.1) is 0 Å². The lowest BCUT2D eigenvalue weighted by atomic mass is 9.58. The van der Waals surface area contributed by atoms with Gasteiger partial charge >= 0.3 is 11.9 Å². The first kappa shape index (κ1) is 15.9. The molecule has 8 atom stereocenters. The van der Waals surface area contributed by atoms with Crippen molar-refractivity contribution in [2.45, 2.75) is 44.8 Å². The Bertz CT molecular complexity index is 622. The third-order valence-corrected chi connectivity index (χ3v) is 7.72. The Morgan fingerprint density at radius 2 is 2.04 bits per heavy atom. The Morgan fingerprint density at radius 1 is 1.16 bits per heavy atom. The molecule has 5 aliphatic rings. The molecule has 4 bridgehead atoms. The molecule has 4 aliphatic carbocycles. The van der Waals surface area contributed by atoms with Crippen molar-refractivity contribution in [1.82, 2.24) is 0 Å². The van der Waals surface area contributed by atoms with Gasteiger partial charge in [-0.25, -0.2) is 0 Å². The molecule has 0 aromatic carbocycles. The van der Waals surface area contributed by atoms with Gasteiger partial charge in [-0.2, -0.15) is 0 Å². The number of allylic oxidation sites excluding steroid dienone is 2. The van der Waals surface area contributed by atoms with Crippen molar-refractivity contribution in [2.75, 3.05) is 13.7 Å². The van der Waals surface area contributed by atoms with E-state index in [0.29, 0.717) is 18.4 Å². The fourth-order valence-corrected chi connectivity index (χ4v) is 6.98. The molecule has 0 amide bonds. The predicted octanol–water partition coefficient (Wildman–Crippen LogP) is 2.69. The Labute approximate surface area is 148 Å². The number of ether oxygens (including phenoxy) is 3. The van der Waals surface area contributed by atoms with E-state index in [0.717, 1.165) is 38.5 Å². The Morgan fingerprint density at radius 3 is 2.80 bits per heavy atom. The van der Waals surface area contributed by atoms with Crippen LogP contribution in [-0.4, -0.2) is 31.9 Å². The van der Waals surface area contributed by atoms with E-state index in [2.05, 4.69) is 12.2 Å². The molecule has 4 fully saturated rings. The lowest BCUT2D eigenvalue weighted by Gasteiger charge is -2.44. The Kier molecular flexibility index (Phi) is 3.53. The number of fused-ring (bicyclic) bond motifs is 9. The second-order valence-electron chi connectivity index (χ2n) is 8.51. The highest BCUT2D eigenvalue weighted by Crippen LogP contribution is 2.74. The smallest absolute Gasteiger partial charge is 0.312 e. The molecule has 1 heterocycles. The van der Waals surface area contributed by atoms with Gasteiger partial charge in [0.1, 0.15) is 0 Å². The van der Waals surface area contributed by atoms with Crippen molar-refractivity contribution in [1.29, 1.82) is 0 Å². The highest BCUT2D eigenvalue weighted by molar-refractivity contribution is 5.82. The van der Waals surface area contributed by atoms with E-state index in [1.807, 2.05) is 0 Å². The van der Waals surface area contributed by atoms with E-state index < -0.39 is 0 Å². The van der Waals surface area contributed by atoms with Crippen molar-refractivity contribution in [2.24, 2.45) is 40.9 Å². The van der Waals surface area contributed by atoms with Crippen molar-refractivity contribution in [3.05, 3.63) is 12.2 Å². The van der Waals surface area contributed by atoms with Gasteiger partial charge in [0.25, 0.3) is 0 Å². The van der Waals surface area contributed by atoms with Crippen LogP contribution in [0.3, 0.4) is 0 Å². The Balaban J connectivity index is 1.38. The number of esters is 2. The zero-order valence-corrected chi connectivity index (χ0v) is 14.7. The van der Waals surface area contributed by atoms with Gasteiger partial charge in [0.05, 0.1) is 25.0 Å². The lowest BCUT2D eigenvalue weighted by molar-refractivity contribution is -0.195. The molecule has 5 nitrogen and oxygen atoms in total. The molecular weight excluding hydrogens is 320 g/mol. The molecule has 0 N–H and O–H groups in total. The van der Waals surface area contributed by atoms with Crippen LogP contribution in [0.25, 0.3) is 0 Å². The molecule has 5 heteroatoms. The maximum absolute atomic E-state index is 12.8. The van der Waals surface area contributed by atoms with E-state index >= 15 is 0 Å². The van der Waals surface area contributed by atoms with Crippen molar-refractivity contribution < 1.29 is 23.8 Å². The first-order chi connectivity index (χ1) is 12.2. The van der Waals surface area contributed by atoms with Gasteiger partial charge in [0, 0.05) is 6.42 Å². The quantitative estimate of drug-likeness (QED) is 0.447. The first-order valence-corrected chi connectivity index (χ1v) is 9.75. The molecule has 0 aromatic rings. The zero-order valence-electron chi connectivity index (χ0n) is 14.7. The minimum atomic E-state index is -0.378. The molecule has 0 aromatic heterocycles. The van der Waals surface area contributed by atoms with E-state index in [1.165, 1.54) is 7.11 Å². The second-order valence-corrected chi connectivity index (χ2v) is 8.51. The summed E-state index contributed by atoms with van der Waals surface area (Å²) in [6.45, 7) is 0.678. The van der Waals surface area contributed by atoms with Crippen LogP contribution in [0.4, 0.5) is 0 Å². The summed E-state index contributed by atoms with van der Waals surface area (Å²) in [5.41, 5.74) is -0.378. The van der Waals surface area contributed by atoms with Gasteiger partial charge in [0.15, 0.2) is 0 Å². The minimum Gasteiger partial charge on any atom is -0.469 e. The molecule has 8 unspecified atom stereocenters. The fraction of sp³-hybridized carbons (Fsp3) is 0.800. The number of hydrogen-bond donors (Lipinski definition) is 0. The summed E-state index contributed by atoms with van der Waals surface area (Å²) < 4.78 is 16.5. The van der Waals surface area contributed by atoms with Gasteiger partial charge in [-0.1, -0.05) is 12.2 Å². The van der Waals surface area contributed by atoms with Gasteiger partial charge in [0.2, 0.25) is 6.29 Å². The molecule has 1 saturated heterocycles. The molecule has 0 spiro atoms. The van der Waals surface area contributed by atoms with Crippen LogP contribution < -0.4 is 0 Å². The van der Waals surface area contributed by atoms with Crippen LogP contribution in [0.15, 0.2) is 12.2 Å². The predicted molar refractivity (Wildman–Crippen MR) is 88.1 cm³/mol. The highest BCUT2D eigenvalue weighted by atomic mass is 16.7. The number of carbonyl (C=O) groups excluding carboxylic acids is 2. The number of carbonyl (C=O) groups is 2. The summed E-state index contributed by atoms with van der Waals surface area (Å²) in [7, 11) is 1.50. The summed E-state index contributed by atoms with van der Waals surface area (Å²) >= 11 is 0. The fourth-order valence-electron chi connectivity index (χ4n) is 6.98. The monoisotopic (exact) mass is 346 g/mol. The Hall–Kier alpha value is -1.36. The average Bonchev–Trinajstić information content (AvgIpc) is 3.39. The molecular formula is C20H26O5. The molecule has 136 valence electrons. The van der Waals surface area contributed by atoms with E-state index in [-0.39, 0.29) is 47.3 Å². The average molecular weight is 346 g/mol. The molecule has 5 rings (SSSR count). The van der Waals surface area contributed by atoms with Gasteiger partial charge in [-0.05, 0) is 61.7 Å². The lowest BCUT2D eigenvalue weighted by Crippen LogP contribution is -2.50. The number of methoxy groups -OCH3 is 1. The summed E-state index contributed by atoms with van der Waals surface area (Å²) in [6, 6.07) is 0. The maximum Gasteiger partial charge on any atom is 0.312 e. The largest absolute Gasteiger partial charge is 0.469 e. The van der Waals surface area contributed by atoms with Crippen molar-refractivity contribution in [3.63, 3.8) is 0 Å². The number of rotatable bonds is 3. The highest BCUT2D eigenvalue weighted by Gasteiger charge is 2.74. The van der Waals surface area contributed by atoms with Crippen LogP contribution in [0, 0.1) is 40.9 Å². The van der Waals surface area contributed by atoms with Gasteiger partial charge in [-0.3, -0.25) is 9.59 Å². The molecule has 1 aliphatic heterocycles. The summed E-state index contributed by atoms with van der Waals surface area (Å²) in [5, 5.41) is 0. The SMILES string of the molecule is COC(=O)C12C3C=CC(C3)C1C1CC2CC1C(=O)OC1CCCCO1. The third-order valence-electron chi connectivity index (χ3n) is 7.72. The van der Waals surface area contributed by atoms with E-state index in [1.54, 1.807) is 0 Å². The normalized spacial score (nSPS) is 49.2. The summed E-state index contributed by atoms with van der Waals surface area (Å²) in [6.07, 6.45) is 9.78. The van der Waals surface area contributed by atoms with E-state index in [9.17, 15) is 9.59 Å². The topological polar surface area (TPSA) is 61.8 Å². The van der Waals surface area contributed by atoms with E-state index in [4.69, 9.17) is 14.2 Å². The van der Waals surface area contributed by atoms with Crippen LogP contribution in [-0.2, 0) is 23.8 Å². The minimum absolute atomic E-state index is 0.0516. The standard InChI is InChI=1S/C20H26O5/c1-23-19(22)20-12-6-5-11(8-12)17(20)14-9-13(20)10-15(14)18(21)25-16-4-2-3-7-24-16/h5-6,11-17H,2-4,7-10H2,1H3.